The van der Waals surface area contributed by atoms with Crippen molar-refractivity contribution < 1.29 is 0 Å². The minimum Gasteiger partial charge on any atom is -0.0764 e. The van der Waals surface area contributed by atoms with Crippen LogP contribution in [0.5, 0.6) is 0 Å². The van der Waals surface area contributed by atoms with Gasteiger partial charge in [0, 0.05) is 11.3 Å². The molecule has 1 heteroatoms. The molecule has 0 saturated heterocycles. The number of rotatable bonds is 1. The molecule has 0 aromatic heterocycles. The smallest absolute Gasteiger partial charge is 0.0158 e. The topological polar surface area (TPSA) is 0 Å². The fourth-order valence-electron chi connectivity index (χ4n) is 5.11. The first-order valence-electron chi connectivity index (χ1n) is 9.55. The number of benzene rings is 2. The van der Waals surface area contributed by atoms with Gasteiger partial charge in [-0.2, -0.15) is 0 Å². The highest BCUT2D eigenvalue weighted by molar-refractivity contribution is 14.1. The van der Waals surface area contributed by atoms with Crippen LogP contribution in [0.3, 0.4) is 0 Å². The first kappa shape index (κ1) is 16.6. The summed E-state index contributed by atoms with van der Waals surface area (Å²) in [7, 11) is 0. The molecule has 5 rings (SSSR count). The van der Waals surface area contributed by atoms with E-state index in [4.69, 9.17) is 0 Å². The van der Waals surface area contributed by atoms with Crippen LogP contribution in [0.4, 0.5) is 0 Å². The highest BCUT2D eigenvalue weighted by atomic mass is 127. The minimum absolute atomic E-state index is 0.0893. The number of fused-ring (bicyclic) bond motifs is 4. The SMILES string of the molecule is CC1(C)c2ccccc2-c2ccc(C3CCC(I)=C4C=CC=C[C@@H]43)cc21. The van der Waals surface area contributed by atoms with Gasteiger partial charge >= 0.3 is 0 Å². The fraction of sp³-hybridized carbons (Fsp3) is 0.280. The Kier molecular flexibility index (Phi) is 3.79. The van der Waals surface area contributed by atoms with Crippen LogP contribution in [0.15, 0.2) is 75.9 Å². The molecule has 0 bridgehead atoms. The predicted octanol–water partition coefficient (Wildman–Crippen LogP) is 7.30. The largest absolute Gasteiger partial charge is 0.0764 e. The second-order valence-electron chi connectivity index (χ2n) is 8.25. The Morgan fingerprint density at radius 2 is 1.77 bits per heavy atom. The molecule has 1 unspecified atom stereocenters. The molecular formula is C25H23I. The summed E-state index contributed by atoms with van der Waals surface area (Å²) in [5, 5.41) is 0. The molecule has 3 aliphatic rings. The fourth-order valence-corrected chi connectivity index (χ4v) is 5.96. The van der Waals surface area contributed by atoms with Crippen molar-refractivity contribution >= 4 is 22.6 Å². The molecule has 0 heterocycles. The van der Waals surface area contributed by atoms with Crippen molar-refractivity contribution in [2.75, 3.05) is 0 Å². The van der Waals surface area contributed by atoms with Gasteiger partial charge in [-0.05, 0) is 78.3 Å². The van der Waals surface area contributed by atoms with Gasteiger partial charge in [0.2, 0.25) is 0 Å². The number of hydrogen-bond donors (Lipinski definition) is 0. The van der Waals surface area contributed by atoms with Crippen LogP contribution >= 0.6 is 22.6 Å². The van der Waals surface area contributed by atoms with E-state index in [2.05, 4.69) is 103 Å². The Morgan fingerprint density at radius 1 is 0.962 bits per heavy atom. The molecule has 0 radical (unpaired) electrons. The highest BCUT2D eigenvalue weighted by Gasteiger charge is 2.37. The van der Waals surface area contributed by atoms with E-state index >= 15 is 0 Å². The maximum absolute atomic E-state index is 2.55. The minimum atomic E-state index is 0.0893. The third-order valence-electron chi connectivity index (χ3n) is 6.52. The third kappa shape index (κ3) is 2.32. The van der Waals surface area contributed by atoms with E-state index in [1.807, 2.05) is 0 Å². The number of allylic oxidation sites excluding steroid dienone is 6. The molecule has 0 fully saturated rings. The van der Waals surface area contributed by atoms with Gasteiger partial charge < -0.3 is 0 Å². The summed E-state index contributed by atoms with van der Waals surface area (Å²) in [4.78, 5) is 0. The van der Waals surface area contributed by atoms with Gasteiger partial charge in [-0.15, -0.1) is 0 Å². The monoisotopic (exact) mass is 450 g/mol. The summed E-state index contributed by atoms with van der Waals surface area (Å²) >= 11 is 2.55. The Labute approximate surface area is 169 Å². The maximum atomic E-state index is 2.55. The molecule has 0 nitrogen and oxygen atoms in total. The predicted molar refractivity (Wildman–Crippen MR) is 119 cm³/mol. The molecule has 0 N–H and O–H groups in total. The van der Waals surface area contributed by atoms with Gasteiger partial charge in [0.15, 0.2) is 0 Å². The van der Waals surface area contributed by atoms with Gasteiger partial charge in [-0.25, -0.2) is 0 Å². The van der Waals surface area contributed by atoms with Gasteiger partial charge in [0.1, 0.15) is 0 Å². The number of hydrogen-bond acceptors (Lipinski definition) is 0. The molecule has 26 heavy (non-hydrogen) atoms. The maximum Gasteiger partial charge on any atom is 0.0158 e. The zero-order chi connectivity index (χ0) is 17.9. The lowest BCUT2D eigenvalue weighted by Crippen LogP contribution is -2.20. The molecule has 0 saturated carbocycles. The summed E-state index contributed by atoms with van der Waals surface area (Å²) < 4.78 is 1.54. The molecule has 0 spiro atoms. The van der Waals surface area contributed by atoms with Gasteiger partial charge in [-0.1, -0.05) is 80.6 Å². The summed E-state index contributed by atoms with van der Waals surface area (Å²) in [6.45, 7) is 4.75. The van der Waals surface area contributed by atoms with Crippen LogP contribution in [0.2, 0.25) is 0 Å². The summed E-state index contributed by atoms with van der Waals surface area (Å²) in [6.07, 6.45) is 11.6. The summed E-state index contributed by atoms with van der Waals surface area (Å²) in [5.41, 5.74) is 8.94. The van der Waals surface area contributed by atoms with Gasteiger partial charge in [0.25, 0.3) is 0 Å². The lowest BCUT2D eigenvalue weighted by atomic mass is 9.72. The van der Waals surface area contributed by atoms with Crippen LogP contribution in [0.25, 0.3) is 11.1 Å². The van der Waals surface area contributed by atoms with Crippen molar-refractivity contribution in [1.82, 2.24) is 0 Å². The Morgan fingerprint density at radius 3 is 2.65 bits per heavy atom. The quantitative estimate of drug-likeness (QED) is 0.400. The van der Waals surface area contributed by atoms with E-state index in [0.29, 0.717) is 11.8 Å². The van der Waals surface area contributed by atoms with E-state index in [0.717, 1.165) is 0 Å². The first-order chi connectivity index (χ1) is 12.6. The molecule has 2 aromatic rings. The molecule has 0 amide bonds. The van der Waals surface area contributed by atoms with E-state index in [-0.39, 0.29) is 5.41 Å². The Balaban J connectivity index is 1.61. The number of halogens is 1. The second-order valence-corrected chi connectivity index (χ2v) is 9.55. The van der Waals surface area contributed by atoms with Crippen molar-refractivity contribution in [2.45, 2.75) is 38.0 Å². The lowest BCUT2D eigenvalue weighted by molar-refractivity contribution is 0.508. The van der Waals surface area contributed by atoms with E-state index in [1.54, 1.807) is 3.58 Å². The van der Waals surface area contributed by atoms with Crippen LogP contribution in [0, 0.1) is 5.92 Å². The molecular weight excluding hydrogens is 427 g/mol. The average Bonchev–Trinajstić information content (AvgIpc) is 2.90. The zero-order valence-corrected chi connectivity index (χ0v) is 17.5. The van der Waals surface area contributed by atoms with Crippen LogP contribution < -0.4 is 0 Å². The summed E-state index contributed by atoms with van der Waals surface area (Å²) in [5.74, 6) is 1.13. The molecule has 2 aromatic carbocycles. The second kappa shape index (κ2) is 5.95. The summed E-state index contributed by atoms with van der Waals surface area (Å²) in [6, 6.07) is 16.2. The van der Waals surface area contributed by atoms with Crippen molar-refractivity contribution in [3.8, 4) is 11.1 Å². The van der Waals surface area contributed by atoms with E-state index in [9.17, 15) is 0 Å². The average molecular weight is 450 g/mol. The van der Waals surface area contributed by atoms with Crippen molar-refractivity contribution in [1.29, 1.82) is 0 Å². The first-order valence-corrected chi connectivity index (χ1v) is 10.6. The third-order valence-corrected chi connectivity index (χ3v) is 7.68. The molecule has 3 aliphatic carbocycles. The Bertz CT molecular complexity index is 987. The van der Waals surface area contributed by atoms with Gasteiger partial charge in [0.05, 0.1) is 0 Å². The van der Waals surface area contributed by atoms with Crippen LogP contribution in [-0.2, 0) is 5.41 Å². The normalized spacial score (nSPS) is 25.0. The van der Waals surface area contributed by atoms with E-state index in [1.165, 1.54) is 46.2 Å². The highest BCUT2D eigenvalue weighted by Crippen LogP contribution is 2.51. The Hall–Kier alpha value is -1.61. The van der Waals surface area contributed by atoms with Crippen LogP contribution in [0.1, 0.15) is 49.3 Å². The van der Waals surface area contributed by atoms with Gasteiger partial charge in [-0.3, -0.25) is 0 Å². The molecule has 2 atom stereocenters. The van der Waals surface area contributed by atoms with Crippen molar-refractivity contribution in [3.63, 3.8) is 0 Å². The lowest BCUT2D eigenvalue weighted by Gasteiger charge is -2.34. The molecule has 130 valence electrons. The standard InChI is InChI=1S/C25H23I/c1-25(2)22-10-6-5-8-19(22)20-12-11-16(15-23(20)25)17-13-14-24(26)21-9-4-3-7-18(17)21/h3-12,15,17-18H,13-14H2,1-2H3/t17?,18-/m1/s1. The van der Waals surface area contributed by atoms with Crippen molar-refractivity contribution in [2.24, 2.45) is 5.92 Å². The zero-order valence-electron chi connectivity index (χ0n) is 15.3. The molecule has 0 aliphatic heterocycles. The van der Waals surface area contributed by atoms with Crippen LogP contribution in [-0.4, -0.2) is 0 Å². The van der Waals surface area contributed by atoms with E-state index < -0.39 is 0 Å². The van der Waals surface area contributed by atoms with Crippen molar-refractivity contribution in [3.05, 3.63) is 92.6 Å².